The summed E-state index contributed by atoms with van der Waals surface area (Å²) in [6.45, 7) is 5.96. The molecule has 2 aromatic rings. The Kier molecular flexibility index (Phi) is 4.42. The number of H-pyrrole nitrogens is 1. The van der Waals surface area contributed by atoms with Gasteiger partial charge in [-0.25, -0.2) is 4.98 Å². The molecule has 1 saturated heterocycles. The molecule has 2 N–H and O–H groups in total. The number of aromatic amines is 1. The Balaban J connectivity index is 1.31. The van der Waals surface area contributed by atoms with Crippen LogP contribution in [-0.2, 0) is 16.1 Å². The van der Waals surface area contributed by atoms with Gasteiger partial charge in [0.25, 0.3) is 0 Å². The quantitative estimate of drug-likeness (QED) is 0.885. The zero-order valence-electron chi connectivity index (χ0n) is 15.5. The van der Waals surface area contributed by atoms with Crippen LogP contribution in [0.15, 0.2) is 12.1 Å². The highest BCUT2D eigenvalue weighted by atomic mass is 16.2. The molecular formula is C20H26N4O2. The summed E-state index contributed by atoms with van der Waals surface area (Å²) in [7, 11) is 0. The van der Waals surface area contributed by atoms with Crippen molar-refractivity contribution in [1.29, 1.82) is 0 Å². The van der Waals surface area contributed by atoms with Crippen LogP contribution in [0.1, 0.15) is 42.6 Å². The highest BCUT2D eigenvalue weighted by Gasteiger charge is 2.35. The number of carbonyl (C=O) groups excluding carboxylic acids is 2. The van der Waals surface area contributed by atoms with Crippen LogP contribution in [0.3, 0.4) is 0 Å². The van der Waals surface area contributed by atoms with E-state index in [1.54, 1.807) is 0 Å². The van der Waals surface area contributed by atoms with Crippen LogP contribution >= 0.6 is 0 Å². The molecule has 1 aromatic carbocycles. The average Bonchev–Trinajstić information content (AvgIpc) is 3.42. The standard InChI is InChI=1S/C20H26N4O2/c1-12-3-6-16-18(13(12)2)23-17(22-16)11-21-19(25)14-7-9-24(10-8-14)20(26)15-4-5-15/h3,6,14-15H,4-5,7-11H2,1-2H3,(H,21,25)(H,22,23). The van der Waals surface area contributed by atoms with Crippen LogP contribution in [0.5, 0.6) is 0 Å². The molecule has 0 unspecified atom stereocenters. The maximum absolute atomic E-state index is 12.5. The minimum absolute atomic E-state index is 0.00777. The van der Waals surface area contributed by atoms with Crippen LogP contribution in [0.25, 0.3) is 11.0 Å². The third-order valence-corrected chi connectivity index (χ3v) is 5.76. The summed E-state index contributed by atoms with van der Waals surface area (Å²) < 4.78 is 0. The maximum atomic E-state index is 12.5. The number of likely N-dealkylation sites (tertiary alicyclic amines) is 1. The van der Waals surface area contributed by atoms with E-state index >= 15 is 0 Å². The topological polar surface area (TPSA) is 78.1 Å². The minimum Gasteiger partial charge on any atom is -0.349 e. The van der Waals surface area contributed by atoms with Crippen molar-refractivity contribution in [1.82, 2.24) is 20.2 Å². The largest absolute Gasteiger partial charge is 0.349 e. The van der Waals surface area contributed by atoms with Crippen LogP contribution in [0, 0.1) is 25.7 Å². The predicted molar refractivity (Wildman–Crippen MR) is 99.4 cm³/mol. The zero-order chi connectivity index (χ0) is 18.3. The van der Waals surface area contributed by atoms with E-state index in [1.165, 1.54) is 11.1 Å². The van der Waals surface area contributed by atoms with Gasteiger partial charge < -0.3 is 15.2 Å². The van der Waals surface area contributed by atoms with E-state index in [2.05, 4.69) is 35.2 Å². The minimum atomic E-state index is -0.00777. The molecule has 2 amide bonds. The van der Waals surface area contributed by atoms with Crippen molar-refractivity contribution in [3.05, 3.63) is 29.1 Å². The van der Waals surface area contributed by atoms with E-state index in [-0.39, 0.29) is 23.7 Å². The molecule has 4 rings (SSSR count). The van der Waals surface area contributed by atoms with Crippen molar-refractivity contribution in [2.24, 2.45) is 11.8 Å². The molecule has 1 aliphatic carbocycles. The Morgan fingerprint density at radius 2 is 1.88 bits per heavy atom. The number of aryl methyl sites for hydroxylation is 2. The summed E-state index contributed by atoms with van der Waals surface area (Å²) in [5.74, 6) is 1.39. The van der Waals surface area contributed by atoms with Gasteiger partial charge in [-0.1, -0.05) is 6.07 Å². The number of imidazole rings is 1. The van der Waals surface area contributed by atoms with Gasteiger partial charge in [0.05, 0.1) is 17.6 Å². The van der Waals surface area contributed by atoms with Crippen LogP contribution in [-0.4, -0.2) is 39.8 Å². The monoisotopic (exact) mass is 354 g/mol. The molecule has 1 saturated carbocycles. The molecule has 6 nitrogen and oxygen atoms in total. The molecule has 2 aliphatic rings. The second-order valence-electron chi connectivity index (χ2n) is 7.68. The molecular weight excluding hydrogens is 328 g/mol. The first-order valence-electron chi connectivity index (χ1n) is 9.54. The van der Waals surface area contributed by atoms with Crippen molar-refractivity contribution >= 4 is 22.8 Å². The second kappa shape index (κ2) is 6.74. The number of rotatable bonds is 4. The molecule has 0 radical (unpaired) electrons. The third kappa shape index (κ3) is 3.32. The molecule has 2 fully saturated rings. The van der Waals surface area contributed by atoms with Gasteiger partial charge in [-0.2, -0.15) is 0 Å². The number of hydrogen-bond acceptors (Lipinski definition) is 3. The van der Waals surface area contributed by atoms with Crippen LogP contribution in [0.2, 0.25) is 0 Å². The number of hydrogen-bond donors (Lipinski definition) is 2. The lowest BCUT2D eigenvalue weighted by Crippen LogP contribution is -2.43. The average molecular weight is 354 g/mol. The summed E-state index contributed by atoms with van der Waals surface area (Å²) >= 11 is 0. The number of aromatic nitrogens is 2. The zero-order valence-corrected chi connectivity index (χ0v) is 15.5. The summed E-state index contributed by atoms with van der Waals surface area (Å²) in [5.41, 5.74) is 4.36. The van der Waals surface area contributed by atoms with E-state index in [4.69, 9.17) is 0 Å². The van der Waals surface area contributed by atoms with Crippen molar-refractivity contribution in [2.45, 2.75) is 46.1 Å². The van der Waals surface area contributed by atoms with Gasteiger partial charge in [0, 0.05) is 24.9 Å². The van der Waals surface area contributed by atoms with Crippen LogP contribution < -0.4 is 5.32 Å². The van der Waals surface area contributed by atoms with Crippen LogP contribution in [0.4, 0.5) is 0 Å². The van der Waals surface area contributed by atoms with Gasteiger partial charge in [-0.05, 0) is 56.7 Å². The smallest absolute Gasteiger partial charge is 0.225 e. The third-order valence-electron chi connectivity index (χ3n) is 5.76. The summed E-state index contributed by atoms with van der Waals surface area (Å²) in [6, 6.07) is 4.11. The molecule has 1 aliphatic heterocycles. The molecule has 6 heteroatoms. The summed E-state index contributed by atoms with van der Waals surface area (Å²) in [6.07, 6.45) is 3.58. The van der Waals surface area contributed by atoms with Gasteiger partial charge >= 0.3 is 0 Å². The lowest BCUT2D eigenvalue weighted by atomic mass is 9.95. The summed E-state index contributed by atoms with van der Waals surface area (Å²) in [4.78, 5) is 34.4. The van der Waals surface area contributed by atoms with Crippen molar-refractivity contribution in [3.63, 3.8) is 0 Å². The highest BCUT2D eigenvalue weighted by molar-refractivity contribution is 5.83. The van der Waals surface area contributed by atoms with E-state index in [0.717, 1.165) is 42.5 Å². The Morgan fingerprint density at radius 3 is 2.58 bits per heavy atom. The predicted octanol–water partition coefficient (Wildman–Crippen LogP) is 2.44. The number of carbonyl (C=O) groups is 2. The van der Waals surface area contributed by atoms with Crippen molar-refractivity contribution in [2.75, 3.05) is 13.1 Å². The molecule has 1 aromatic heterocycles. The molecule has 2 heterocycles. The van der Waals surface area contributed by atoms with Gasteiger partial charge in [0.15, 0.2) is 0 Å². The highest BCUT2D eigenvalue weighted by Crippen LogP contribution is 2.32. The normalized spacial score (nSPS) is 18.3. The van der Waals surface area contributed by atoms with Crippen molar-refractivity contribution < 1.29 is 9.59 Å². The Bertz CT molecular complexity index is 845. The first kappa shape index (κ1) is 17.1. The fourth-order valence-electron chi connectivity index (χ4n) is 3.71. The van der Waals surface area contributed by atoms with E-state index in [1.807, 2.05) is 11.0 Å². The van der Waals surface area contributed by atoms with Gasteiger partial charge in [-0.3, -0.25) is 9.59 Å². The Morgan fingerprint density at radius 1 is 1.15 bits per heavy atom. The Labute approximate surface area is 153 Å². The Hall–Kier alpha value is -2.37. The molecule has 26 heavy (non-hydrogen) atoms. The van der Waals surface area contributed by atoms with Gasteiger partial charge in [-0.15, -0.1) is 0 Å². The summed E-state index contributed by atoms with van der Waals surface area (Å²) in [5, 5.41) is 3.01. The number of benzene rings is 1. The number of amides is 2. The van der Waals surface area contributed by atoms with Gasteiger partial charge in [0.1, 0.15) is 5.82 Å². The van der Waals surface area contributed by atoms with Crippen molar-refractivity contribution in [3.8, 4) is 0 Å². The molecule has 0 atom stereocenters. The first-order valence-corrected chi connectivity index (χ1v) is 9.54. The number of nitrogens with zero attached hydrogens (tertiary/aromatic N) is 2. The lowest BCUT2D eigenvalue weighted by molar-refractivity contribution is -0.136. The van der Waals surface area contributed by atoms with Gasteiger partial charge in [0.2, 0.25) is 11.8 Å². The second-order valence-corrected chi connectivity index (χ2v) is 7.68. The fourth-order valence-corrected chi connectivity index (χ4v) is 3.71. The molecule has 138 valence electrons. The fraction of sp³-hybridized carbons (Fsp3) is 0.550. The number of fused-ring (bicyclic) bond motifs is 1. The van der Waals surface area contributed by atoms with E-state index in [9.17, 15) is 9.59 Å². The van der Waals surface area contributed by atoms with E-state index < -0.39 is 0 Å². The molecule has 0 spiro atoms. The first-order chi connectivity index (χ1) is 12.5. The molecule has 0 bridgehead atoms. The number of nitrogens with one attached hydrogen (secondary N) is 2. The number of piperidine rings is 1. The lowest BCUT2D eigenvalue weighted by Gasteiger charge is -2.31. The SMILES string of the molecule is Cc1ccc2[nH]c(CNC(=O)C3CCN(C(=O)C4CC4)CC3)nc2c1C. The van der Waals surface area contributed by atoms with E-state index in [0.29, 0.717) is 19.6 Å². The maximum Gasteiger partial charge on any atom is 0.225 e.